The maximum absolute atomic E-state index is 11.8. The molecule has 15 heavy (non-hydrogen) atoms. The average Bonchev–Trinajstić information content (AvgIpc) is 2.96. The molecule has 1 N–H and O–H groups in total. The lowest BCUT2D eigenvalue weighted by atomic mass is 10.1. The first kappa shape index (κ1) is 8.47. The molecule has 0 atom stereocenters. The molecule has 1 radical (unpaired) electrons. The van der Waals surface area contributed by atoms with Crippen LogP contribution in [0.4, 0.5) is 5.69 Å². The summed E-state index contributed by atoms with van der Waals surface area (Å²) in [6.45, 7) is 0. The zero-order valence-electron chi connectivity index (χ0n) is 8.10. The van der Waals surface area contributed by atoms with Gasteiger partial charge in [0.1, 0.15) is 0 Å². The van der Waals surface area contributed by atoms with Gasteiger partial charge in [-0.2, -0.15) is 0 Å². The topological polar surface area (TPSA) is 55.6 Å². The van der Waals surface area contributed by atoms with Crippen LogP contribution in [0.2, 0.25) is 0 Å². The number of carbonyl (C=O) groups excluding carboxylic acids is 1. The second-order valence-corrected chi connectivity index (χ2v) is 3.81. The van der Waals surface area contributed by atoms with Gasteiger partial charge in [-0.1, -0.05) is 18.2 Å². The van der Waals surface area contributed by atoms with Gasteiger partial charge in [0.2, 0.25) is 0 Å². The molecule has 1 aromatic rings. The molecule has 4 nitrogen and oxygen atoms in total. The molecule has 3 rings (SSSR count). The normalized spacial score (nSPS) is 17.7. The summed E-state index contributed by atoms with van der Waals surface area (Å²) in [7, 11) is 0. The molecule has 1 amide bonds. The quantitative estimate of drug-likeness (QED) is 0.758. The minimum Gasteiger partial charge on any atom is -0.348 e. The van der Waals surface area contributed by atoms with Crippen molar-refractivity contribution in [2.45, 2.75) is 18.9 Å². The van der Waals surface area contributed by atoms with Crippen molar-refractivity contribution >= 4 is 17.3 Å². The zero-order valence-corrected chi connectivity index (χ0v) is 8.10. The lowest BCUT2D eigenvalue weighted by Crippen LogP contribution is -2.32. The van der Waals surface area contributed by atoms with Gasteiger partial charge in [0.05, 0.1) is 5.69 Å². The Morgan fingerprint density at radius 1 is 1.33 bits per heavy atom. The van der Waals surface area contributed by atoms with E-state index in [4.69, 9.17) is 0 Å². The molecule has 1 aliphatic carbocycles. The van der Waals surface area contributed by atoms with Crippen LogP contribution in [-0.2, 0) is 4.79 Å². The standard InChI is InChI=1S/C11H10N3O/c15-11(12-7-5-6-7)10-8-3-1-2-4-9(8)13-14-10/h1-4,7H,5-6H2,(H,12,15). The Balaban J connectivity index is 1.85. The minimum absolute atomic E-state index is 0.105. The number of hydrogen-bond donors (Lipinski definition) is 1. The van der Waals surface area contributed by atoms with Crippen molar-refractivity contribution in [3.05, 3.63) is 29.8 Å². The third-order valence-electron chi connectivity index (χ3n) is 2.54. The van der Waals surface area contributed by atoms with Crippen LogP contribution in [0.5, 0.6) is 0 Å². The van der Waals surface area contributed by atoms with Crippen LogP contribution in [0.1, 0.15) is 18.4 Å². The lowest BCUT2D eigenvalue weighted by molar-refractivity contribution is -0.114. The van der Waals surface area contributed by atoms with E-state index in [9.17, 15) is 4.79 Å². The minimum atomic E-state index is -0.105. The van der Waals surface area contributed by atoms with Crippen molar-refractivity contribution in [3.8, 4) is 0 Å². The van der Waals surface area contributed by atoms with E-state index >= 15 is 0 Å². The van der Waals surface area contributed by atoms with E-state index in [1.165, 1.54) is 0 Å². The van der Waals surface area contributed by atoms with E-state index in [1.807, 2.05) is 24.3 Å². The Kier molecular flexibility index (Phi) is 1.74. The van der Waals surface area contributed by atoms with Crippen LogP contribution in [0, 0.1) is 0 Å². The highest BCUT2D eigenvalue weighted by Crippen LogP contribution is 2.23. The highest BCUT2D eigenvalue weighted by atomic mass is 16.2. The van der Waals surface area contributed by atoms with E-state index < -0.39 is 0 Å². The summed E-state index contributed by atoms with van der Waals surface area (Å²) in [5.74, 6) is -0.105. The SMILES string of the molecule is O=C(NC1CC1)C1=N[N]c2ccccc21. The number of fused-ring (bicyclic) bond motifs is 1. The van der Waals surface area contributed by atoms with Gasteiger partial charge in [-0.05, 0) is 18.9 Å². The van der Waals surface area contributed by atoms with Crippen molar-refractivity contribution < 1.29 is 4.79 Å². The van der Waals surface area contributed by atoms with E-state index in [0.29, 0.717) is 11.8 Å². The van der Waals surface area contributed by atoms with Crippen molar-refractivity contribution in [1.82, 2.24) is 10.7 Å². The highest BCUT2D eigenvalue weighted by molar-refractivity contribution is 6.47. The second-order valence-electron chi connectivity index (χ2n) is 3.81. The van der Waals surface area contributed by atoms with Crippen molar-refractivity contribution in [2.75, 3.05) is 0 Å². The van der Waals surface area contributed by atoms with Gasteiger partial charge < -0.3 is 5.32 Å². The van der Waals surface area contributed by atoms with E-state index in [2.05, 4.69) is 15.8 Å². The van der Waals surface area contributed by atoms with Gasteiger partial charge >= 0.3 is 0 Å². The molecule has 2 aliphatic rings. The Morgan fingerprint density at radius 3 is 2.93 bits per heavy atom. The molecule has 1 aliphatic heterocycles. The smallest absolute Gasteiger partial charge is 0.272 e. The molecule has 1 aromatic carbocycles. The summed E-state index contributed by atoms with van der Waals surface area (Å²) < 4.78 is 0. The van der Waals surface area contributed by atoms with Crippen LogP contribution >= 0.6 is 0 Å². The van der Waals surface area contributed by atoms with E-state index in [1.54, 1.807) is 0 Å². The molecule has 1 fully saturated rings. The number of benzene rings is 1. The Bertz CT molecular complexity index is 449. The maximum atomic E-state index is 11.8. The Labute approximate surface area is 87.4 Å². The van der Waals surface area contributed by atoms with Crippen molar-refractivity contribution in [3.63, 3.8) is 0 Å². The number of carbonyl (C=O) groups is 1. The van der Waals surface area contributed by atoms with Gasteiger partial charge in [0, 0.05) is 11.6 Å². The summed E-state index contributed by atoms with van der Waals surface area (Å²) in [6.07, 6.45) is 2.16. The molecule has 1 saturated carbocycles. The van der Waals surface area contributed by atoms with Gasteiger partial charge in [-0.15, -0.1) is 10.5 Å². The van der Waals surface area contributed by atoms with E-state index in [0.717, 1.165) is 24.1 Å². The first-order chi connectivity index (χ1) is 7.34. The average molecular weight is 200 g/mol. The van der Waals surface area contributed by atoms with Gasteiger partial charge in [-0.25, -0.2) is 0 Å². The number of nitrogens with zero attached hydrogens (tertiary/aromatic N) is 2. The second kappa shape index (κ2) is 3.08. The third kappa shape index (κ3) is 1.48. The first-order valence-corrected chi connectivity index (χ1v) is 5.03. The van der Waals surface area contributed by atoms with E-state index in [-0.39, 0.29) is 5.91 Å². The van der Waals surface area contributed by atoms with Gasteiger partial charge in [0.15, 0.2) is 5.71 Å². The Morgan fingerprint density at radius 2 is 2.13 bits per heavy atom. The molecular weight excluding hydrogens is 190 g/mol. The van der Waals surface area contributed by atoms with Crippen LogP contribution in [0.25, 0.3) is 0 Å². The largest absolute Gasteiger partial charge is 0.348 e. The number of rotatable bonds is 2. The summed E-state index contributed by atoms with van der Waals surface area (Å²) in [4.78, 5) is 11.8. The Hall–Kier alpha value is -1.84. The molecule has 0 spiro atoms. The maximum Gasteiger partial charge on any atom is 0.272 e. The number of hydrogen-bond acceptors (Lipinski definition) is 2. The predicted octanol–water partition coefficient (Wildman–Crippen LogP) is 0.919. The molecule has 0 bridgehead atoms. The molecule has 0 saturated heterocycles. The molecule has 0 aromatic heterocycles. The summed E-state index contributed by atoms with van der Waals surface area (Å²) in [6, 6.07) is 7.86. The van der Waals surface area contributed by atoms with Crippen LogP contribution in [0.3, 0.4) is 0 Å². The summed E-state index contributed by atoms with van der Waals surface area (Å²) in [5.41, 5.74) is 6.00. The van der Waals surface area contributed by atoms with Crippen LogP contribution < -0.4 is 10.7 Å². The summed E-state index contributed by atoms with van der Waals surface area (Å²) >= 11 is 0. The van der Waals surface area contributed by atoms with Gasteiger partial charge in [0.25, 0.3) is 5.91 Å². The summed E-state index contributed by atoms with van der Waals surface area (Å²) in [5, 5.41) is 6.82. The van der Waals surface area contributed by atoms with Crippen molar-refractivity contribution in [2.24, 2.45) is 5.10 Å². The lowest BCUT2D eigenvalue weighted by Gasteiger charge is -2.02. The first-order valence-electron chi connectivity index (χ1n) is 5.03. The van der Waals surface area contributed by atoms with Gasteiger partial charge in [-0.3, -0.25) is 4.79 Å². The fourth-order valence-electron chi connectivity index (χ4n) is 1.57. The monoisotopic (exact) mass is 200 g/mol. The van der Waals surface area contributed by atoms with Crippen molar-refractivity contribution in [1.29, 1.82) is 0 Å². The number of amides is 1. The molecule has 1 heterocycles. The zero-order chi connectivity index (χ0) is 10.3. The molecule has 75 valence electrons. The molecular formula is C11H10N3O. The molecule has 4 heteroatoms. The van der Waals surface area contributed by atoms with Crippen LogP contribution in [-0.4, -0.2) is 17.7 Å². The highest BCUT2D eigenvalue weighted by Gasteiger charge is 2.29. The fraction of sp³-hybridized carbons (Fsp3) is 0.273. The van der Waals surface area contributed by atoms with Crippen LogP contribution in [0.15, 0.2) is 29.4 Å². The number of nitrogens with one attached hydrogen (secondary N) is 1. The molecule has 0 unspecified atom stereocenters. The third-order valence-corrected chi connectivity index (χ3v) is 2.54. The fourth-order valence-corrected chi connectivity index (χ4v) is 1.57. The predicted molar refractivity (Wildman–Crippen MR) is 55.9 cm³/mol.